The molecule has 0 aliphatic carbocycles. The second-order valence-corrected chi connectivity index (χ2v) is 31.3. The molecule has 16 N–H and O–H groups in total. The number of halogens is 2. The Balaban J connectivity index is 0.000000174. The Morgan fingerprint density at radius 2 is 0.815 bits per heavy atom. The lowest BCUT2D eigenvalue weighted by Gasteiger charge is -2.23. The van der Waals surface area contributed by atoms with Gasteiger partial charge in [-0.3, -0.25) is 41.7 Å². The van der Waals surface area contributed by atoms with E-state index in [-0.39, 0.29) is 108 Å². The van der Waals surface area contributed by atoms with Gasteiger partial charge in [-0.25, -0.2) is 64.4 Å². The summed E-state index contributed by atoms with van der Waals surface area (Å²) in [5.74, 6) is 13.9. The van der Waals surface area contributed by atoms with Crippen molar-refractivity contribution in [3.63, 3.8) is 0 Å². The molecule has 4 saturated heterocycles. The van der Waals surface area contributed by atoms with Gasteiger partial charge in [-0.1, -0.05) is 96.8 Å². The zero-order chi connectivity index (χ0) is 92.0. The van der Waals surface area contributed by atoms with E-state index < -0.39 is 13.1 Å². The van der Waals surface area contributed by atoms with E-state index in [9.17, 15) is 28.8 Å². The number of carboxylic acid groups (broad SMARTS) is 1. The number of carboxylic acids is 1. The smallest absolute Gasteiger partial charge is 0.472 e. The molecule has 4 aliphatic rings. The highest BCUT2D eigenvalue weighted by molar-refractivity contribution is 9.10. The fourth-order valence-corrected chi connectivity index (χ4v) is 16.4. The Kier molecular flexibility index (Phi) is 37.5. The Morgan fingerprint density at radius 3 is 1.21 bits per heavy atom. The van der Waals surface area contributed by atoms with Gasteiger partial charge in [-0.2, -0.15) is 54.0 Å². The van der Waals surface area contributed by atoms with Crippen LogP contribution in [-0.4, -0.2) is 166 Å². The SMILES string of the molecule is CC#CC(=O)N1CCC[C@H]1c1nc(-c2ccc(C(=O)Nc3ccccn3)cc2)c2c(N)nccn12.CC#CC(=O)O.Nc1nccn2c([C@@H]3CCCN3)nc(-c3ccc(C(=O)Nc4ccccn4)cc3)c12.Nc1nccn2c([C@@H]3CCCN3)nc(Br)c12.Nc1nccn2c([C@@H]3CCCN3C(=O)OCc3ccccc3)nc(Br)c12.O=C(Nc1ccccn1)c1ccc(B(O)O)cc1.S.S.S.S. The van der Waals surface area contributed by atoms with Crippen LogP contribution in [0.25, 0.3) is 44.6 Å². The number of nitrogen functional groups attached to an aromatic ring is 4. The average Bonchev–Trinajstić information content (AvgIpc) is 1.62. The van der Waals surface area contributed by atoms with Gasteiger partial charge in [0, 0.05) is 115 Å². The van der Waals surface area contributed by atoms with Crippen molar-refractivity contribution in [1.29, 1.82) is 0 Å². The number of aliphatic carboxylic acids is 1. The number of nitrogens with zero attached hydrogens (tertiary/aromatic N) is 17. The molecule has 0 bridgehead atoms. The summed E-state index contributed by atoms with van der Waals surface area (Å²) >= 11 is 6.88. The number of amides is 5. The van der Waals surface area contributed by atoms with Crippen molar-refractivity contribution in [3.8, 4) is 46.2 Å². The second-order valence-electron chi connectivity index (χ2n) is 29.8. The van der Waals surface area contributed by atoms with Crippen molar-refractivity contribution < 1.29 is 48.7 Å². The largest absolute Gasteiger partial charge is 0.488 e. The first kappa shape index (κ1) is 103. The number of fused-ring (bicyclic) bond motifs is 4. The topological polar surface area (TPSA) is 502 Å². The normalized spacial score (nSPS) is 14.7. The molecule has 4 fully saturated rings. The summed E-state index contributed by atoms with van der Waals surface area (Å²) in [5.41, 5.74) is 33.1. The molecule has 135 heavy (non-hydrogen) atoms. The number of benzene rings is 4. The van der Waals surface area contributed by atoms with Crippen molar-refractivity contribution in [3.05, 3.63) is 281 Å². The number of anilines is 7. The zero-order valence-electron chi connectivity index (χ0n) is 72.8. The van der Waals surface area contributed by atoms with Gasteiger partial charge in [-0.15, -0.1) is 0 Å². The summed E-state index contributed by atoms with van der Waals surface area (Å²) in [6, 6.07) is 46.1. The molecule has 0 saturated carbocycles. The summed E-state index contributed by atoms with van der Waals surface area (Å²) in [6.45, 7) is 6.69. The minimum absolute atomic E-state index is 0. The van der Waals surface area contributed by atoms with Crippen molar-refractivity contribution in [2.75, 3.05) is 65.1 Å². The van der Waals surface area contributed by atoms with E-state index in [0.29, 0.717) is 109 Å². The van der Waals surface area contributed by atoms with E-state index in [1.807, 2.05) is 103 Å². The number of hydrogen-bond donors (Lipinski definition) is 12. The zero-order valence-corrected chi connectivity index (χ0v) is 80.0. The average molecular weight is 2030 g/mol. The number of hydrogen-bond acceptors (Lipinski definition) is 26. The van der Waals surface area contributed by atoms with E-state index in [2.05, 4.69) is 121 Å². The first-order chi connectivity index (χ1) is 63.6. The molecular formula is C92H97BBr2N26O10S4. The number of likely N-dealkylation sites (tertiary alicyclic amines) is 2. The maximum atomic E-state index is 12.6. The van der Waals surface area contributed by atoms with Crippen molar-refractivity contribution in [2.24, 2.45) is 0 Å². The van der Waals surface area contributed by atoms with Gasteiger partial charge in [0.25, 0.3) is 23.6 Å². The van der Waals surface area contributed by atoms with Crippen LogP contribution in [0.15, 0.2) is 235 Å². The molecule has 5 amide bonds. The highest BCUT2D eigenvalue weighted by Gasteiger charge is 2.37. The van der Waals surface area contributed by atoms with Gasteiger partial charge in [0.05, 0.1) is 24.2 Å². The van der Waals surface area contributed by atoms with Crippen molar-refractivity contribution in [2.45, 2.75) is 96.0 Å². The van der Waals surface area contributed by atoms with Crippen LogP contribution in [0, 0.1) is 23.7 Å². The lowest BCUT2D eigenvalue weighted by atomic mass is 9.80. The van der Waals surface area contributed by atoms with Crippen LogP contribution in [0.2, 0.25) is 0 Å². The number of nitrogens with two attached hydrogens (primary N) is 4. The number of carbonyl (C=O) groups excluding carboxylic acids is 5. The number of nitrogens with one attached hydrogen (secondary N) is 5. The fraction of sp³-hybridized carbons (Fsp3) is 0.207. The summed E-state index contributed by atoms with van der Waals surface area (Å²) in [7, 11) is -1.53. The van der Waals surface area contributed by atoms with Gasteiger partial charge in [-0.05, 0) is 200 Å². The monoisotopic (exact) mass is 2020 g/mol. The highest BCUT2D eigenvalue weighted by Crippen LogP contribution is 2.40. The Bertz CT molecular complexity index is 6730. The van der Waals surface area contributed by atoms with Crippen LogP contribution in [0.3, 0.4) is 0 Å². The van der Waals surface area contributed by atoms with Gasteiger partial charge in [0.15, 0.2) is 11.6 Å². The molecule has 15 aromatic rings. The van der Waals surface area contributed by atoms with Gasteiger partial charge < -0.3 is 74.3 Å². The lowest BCUT2D eigenvalue weighted by Crippen LogP contribution is -2.32. The quantitative estimate of drug-likeness (QED) is 0.0335. The summed E-state index contributed by atoms with van der Waals surface area (Å²) in [5, 5.41) is 40.7. The summed E-state index contributed by atoms with van der Waals surface area (Å²) < 4.78 is 14.7. The van der Waals surface area contributed by atoms with E-state index in [4.69, 9.17) is 52.8 Å². The third kappa shape index (κ3) is 25.3. The number of imidazole rings is 4. The molecular weight excluding hydrogens is 1930 g/mol. The number of pyridine rings is 3. The van der Waals surface area contributed by atoms with Crippen molar-refractivity contribution in [1.82, 2.24) is 92.9 Å². The number of rotatable bonds is 15. The van der Waals surface area contributed by atoms with E-state index in [1.165, 1.54) is 37.6 Å². The van der Waals surface area contributed by atoms with E-state index in [0.717, 1.165) is 114 Å². The lowest BCUT2D eigenvalue weighted by molar-refractivity contribution is -0.130. The maximum absolute atomic E-state index is 12.6. The fourth-order valence-electron chi connectivity index (χ4n) is 15.3. The van der Waals surface area contributed by atoms with Crippen LogP contribution < -0.4 is 55.0 Å². The Labute approximate surface area is 820 Å². The van der Waals surface area contributed by atoms with Crippen molar-refractivity contribution >= 4 is 197 Å². The van der Waals surface area contributed by atoms with Gasteiger partial charge in [0.2, 0.25) is 0 Å². The number of aromatic nitrogens is 15. The maximum Gasteiger partial charge on any atom is 0.488 e. The Morgan fingerprint density at radius 1 is 0.444 bits per heavy atom. The Hall–Kier alpha value is -14.0. The third-order valence-corrected chi connectivity index (χ3v) is 22.5. The van der Waals surface area contributed by atoms with Crippen LogP contribution in [-0.2, 0) is 20.9 Å². The van der Waals surface area contributed by atoms with E-state index in [1.54, 1.807) is 139 Å². The number of ether oxygens (including phenoxy) is 1. The molecule has 36 nitrogen and oxygen atoms in total. The molecule has 19 rings (SSSR count). The van der Waals surface area contributed by atoms with Crippen LogP contribution in [0.4, 0.5) is 45.5 Å². The van der Waals surface area contributed by atoms with E-state index >= 15 is 0 Å². The van der Waals surface area contributed by atoms with Crippen LogP contribution in [0.1, 0.15) is 149 Å². The molecule has 0 radical (unpaired) electrons. The molecule has 0 unspecified atom stereocenters. The first-order valence-corrected chi connectivity index (χ1v) is 43.2. The summed E-state index contributed by atoms with van der Waals surface area (Å²) in [4.78, 5) is 123. The van der Waals surface area contributed by atoms with Gasteiger partial charge >= 0.3 is 19.2 Å². The first-order valence-electron chi connectivity index (χ1n) is 41.6. The molecule has 11 aromatic heterocycles. The second kappa shape index (κ2) is 49.1. The predicted molar refractivity (Wildman–Crippen MR) is 544 cm³/mol. The predicted octanol–water partition coefficient (Wildman–Crippen LogP) is 12.0. The number of carbonyl (C=O) groups is 6. The molecule has 4 aliphatic heterocycles. The van der Waals surface area contributed by atoms with Crippen LogP contribution in [0.5, 0.6) is 0 Å². The molecule has 4 aromatic carbocycles. The van der Waals surface area contributed by atoms with Gasteiger partial charge in [0.1, 0.15) is 102 Å². The highest BCUT2D eigenvalue weighted by atomic mass is 79.9. The van der Waals surface area contributed by atoms with Crippen LogP contribution >= 0.6 is 85.8 Å². The summed E-state index contributed by atoms with van der Waals surface area (Å²) in [6.07, 6.45) is 26.4. The standard InChI is InChI=1S/C26H23N7O2.C22H21N7O.C18H18BrN5O2.C12H11BN2O3.C10H12BrN5.C4H4O2.4H2S/c1-2-6-21(34)32-15-5-7-19(32)25-31-22(23-24(27)29-14-16-33(23)25)17-9-11-18(12-10-17)26(35)30-20-8-3-4-13-28-20;23-20-19-18(28-21(16-4-3-11-24-16)29(19)13-12-26-20)14-6-8-15(9-7-14)22(30)27-17-5-1-2-10-25-17;19-15-14-16(20)21-8-10-24(14)17(22-15)13-7-4-9-23(13)18(25)26-11-12-5-2-1-3-6-12;16-12(15-11-3-1-2-8-14-11)9-4-6-10(7-5-9)13(17)18;11-8-7-9(12)14-4-5-16(7)10(15-8)6-2-1-3-13-6;1-2-3-4(5)6;;;;/h3-4,8-14,16,19H,5,7,15H2,1H3,(H2,27,29)(H,28,30,35);1-2,5-10,12-13,16,24H,3-4,11H2,(H2,23,26)(H,25,27,30);1-3,5-6,8,10,13H,4,7,9,11H2,(H2,20,21);1-8,17-18H,(H,14,15,16);4-6,13H,1-3H2,(H2,12,14);1H3,(H,5,6);4*1H2/t19-;16-;13-;;6-;;;;;/m000.0...../s1. The molecule has 0 spiro atoms. The minimum atomic E-state index is -1.53. The minimum Gasteiger partial charge on any atom is -0.472 e. The molecule has 43 heteroatoms. The third-order valence-electron chi connectivity index (χ3n) is 21.4. The molecule has 696 valence electrons. The molecule has 15 heterocycles. The molecule has 4 atom stereocenters.